The van der Waals surface area contributed by atoms with E-state index in [9.17, 15) is 4.79 Å². The first-order valence-corrected chi connectivity index (χ1v) is 7.65. The highest BCUT2D eigenvalue weighted by Gasteiger charge is 2.07. The minimum atomic E-state index is -0.509. The first-order valence-electron chi connectivity index (χ1n) is 7.65. The average molecular weight is 318 g/mol. The van der Waals surface area contributed by atoms with E-state index < -0.39 is 6.09 Å². The molecular formula is C20H18N2O2. The van der Waals surface area contributed by atoms with Crippen molar-refractivity contribution in [1.82, 2.24) is 0 Å². The minimum Gasteiger partial charge on any atom is -0.444 e. The Hall–Kier alpha value is -3.27. The normalized spacial score (nSPS) is 10.2. The highest BCUT2D eigenvalue weighted by molar-refractivity contribution is 5.87. The molecule has 0 saturated heterocycles. The Morgan fingerprint density at radius 1 is 0.917 bits per heavy atom. The van der Waals surface area contributed by atoms with Crippen molar-refractivity contribution in [2.45, 2.75) is 6.61 Å². The van der Waals surface area contributed by atoms with Crippen LogP contribution in [-0.2, 0) is 11.3 Å². The lowest BCUT2D eigenvalue weighted by Crippen LogP contribution is -2.13. The zero-order valence-corrected chi connectivity index (χ0v) is 13.1. The van der Waals surface area contributed by atoms with E-state index in [4.69, 9.17) is 10.5 Å². The van der Waals surface area contributed by atoms with E-state index >= 15 is 0 Å². The summed E-state index contributed by atoms with van der Waals surface area (Å²) in [5.74, 6) is 0. The van der Waals surface area contributed by atoms with E-state index in [1.165, 1.54) is 0 Å². The third-order valence-corrected chi connectivity index (χ3v) is 3.60. The minimum absolute atomic E-state index is 0.226. The van der Waals surface area contributed by atoms with Crippen LogP contribution in [0.15, 0.2) is 78.9 Å². The van der Waals surface area contributed by atoms with Gasteiger partial charge in [0.15, 0.2) is 0 Å². The van der Waals surface area contributed by atoms with Crippen LogP contribution in [0.2, 0.25) is 0 Å². The number of carbonyl (C=O) groups excluding carboxylic acids is 1. The molecule has 3 N–H and O–H groups in total. The zero-order chi connectivity index (χ0) is 16.8. The highest BCUT2D eigenvalue weighted by Crippen LogP contribution is 2.28. The van der Waals surface area contributed by atoms with Gasteiger partial charge in [-0.15, -0.1) is 0 Å². The number of nitrogen functional groups attached to an aromatic ring is 1. The van der Waals surface area contributed by atoms with Crippen LogP contribution in [-0.4, -0.2) is 6.09 Å². The fraction of sp³-hybridized carbons (Fsp3) is 0.0500. The predicted octanol–water partition coefficient (Wildman–Crippen LogP) is 4.68. The molecule has 0 aliphatic heterocycles. The summed E-state index contributed by atoms with van der Waals surface area (Å²) in [7, 11) is 0. The maximum atomic E-state index is 11.9. The number of hydrogen-bond donors (Lipinski definition) is 2. The first kappa shape index (κ1) is 15.6. The lowest BCUT2D eigenvalue weighted by molar-refractivity contribution is 0.155. The zero-order valence-electron chi connectivity index (χ0n) is 13.1. The number of amides is 1. The molecule has 120 valence electrons. The van der Waals surface area contributed by atoms with Crippen molar-refractivity contribution >= 4 is 17.5 Å². The fourth-order valence-corrected chi connectivity index (χ4v) is 2.40. The molecule has 0 atom stereocenters. The largest absolute Gasteiger partial charge is 0.444 e. The third-order valence-electron chi connectivity index (χ3n) is 3.60. The fourth-order valence-electron chi connectivity index (χ4n) is 2.40. The van der Waals surface area contributed by atoms with Gasteiger partial charge in [-0.3, -0.25) is 5.32 Å². The summed E-state index contributed by atoms with van der Waals surface area (Å²) in [5, 5.41) is 2.69. The lowest BCUT2D eigenvalue weighted by Gasteiger charge is -2.10. The van der Waals surface area contributed by atoms with Gasteiger partial charge in [0, 0.05) is 16.9 Å². The molecule has 0 heterocycles. The van der Waals surface area contributed by atoms with Gasteiger partial charge in [0.1, 0.15) is 6.61 Å². The molecule has 1 amide bonds. The smallest absolute Gasteiger partial charge is 0.411 e. The number of anilines is 2. The Morgan fingerprint density at radius 2 is 1.58 bits per heavy atom. The SMILES string of the molecule is Nc1cc(NC(=O)OCc2ccccc2)ccc1-c1ccccc1. The monoisotopic (exact) mass is 318 g/mol. The molecule has 0 radical (unpaired) electrons. The molecule has 0 aromatic heterocycles. The molecule has 4 nitrogen and oxygen atoms in total. The van der Waals surface area contributed by atoms with Crippen molar-refractivity contribution in [2.24, 2.45) is 0 Å². The quantitative estimate of drug-likeness (QED) is 0.686. The number of hydrogen-bond acceptors (Lipinski definition) is 3. The second-order valence-corrected chi connectivity index (χ2v) is 5.35. The van der Waals surface area contributed by atoms with Crippen molar-refractivity contribution in [2.75, 3.05) is 11.1 Å². The van der Waals surface area contributed by atoms with Gasteiger partial charge in [0.05, 0.1) is 0 Å². The van der Waals surface area contributed by atoms with Gasteiger partial charge in [-0.05, 0) is 23.3 Å². The molecule has 0 fully saturated rings. The number of rotatable bonds is 4. The Morgan fingerprint density at radius 3 is 2.25 bits per heavy atom. The maximum absolute atomic E-state index is 11.9. The number of carbonyl (C=O) groups is 1. The number of nitrogens with one attached hydrogen (secondary N) is 1. The molecule has 0 bridgehead atoms. The molecule has 3 rings (SSSR count). The molecular weight excluding hydrogens is 300 g/mol. The molecule has 0 spiro atoms. The van der Waals surface area contributed by atoms with Crippen LogP contribution in [0, 0.1) is 0 Å². The van der Waals surface area contributed by atoms with Crippen LogP contribution >= 0.6 is 0 Å². The van der Waals surface area contributed by atoms with Crippen LogP contribution < -0.4 is 11.1 Å². The second-order valence-electron chi connectivity index (χ2n) is 5.35. The first-order chi connectivity index (χ1) is 11.7. The summed E-state index contributed by atoms with van der Waals surface area (Å²) in [6.45, 7) is 0.226. The van der Waals surface area contributed by atoms with Gasteiger partial charge in [0.25, 0.3) is 0 Å². The summed E-state index contributed by atoms with van der Waals surface area (Å²) in [6, 6.07) is 24.8. The van der Waals surface area contributed by atoms with E-state index in [0.29, 0.717) is 11.4 Å². The molecule has 0 saturated carbocycles. The molecule has 0 unspecified atom stereocenters. The van der Waals surface area contributed by atoms with E-state index in [0.717, 1.165) is 16.7 Å². The van der Waals surface area contributed by atoms with E-state index in [1.54, 1.807) is 6.07 Å². The van der Waals surface area contributed by atoms with Gasteiger partial charge < -0.3 is 10.5 Å². The van der Waals surface area contributed by atoms with Crippen molar-refractivity contribution < 1.29 is 9.53 Å². The number of benzene rings is 3. The van der Waals surface area contributed by atoms with Crippen LogP contribution in [0.4, 0.5) is 16.2 Å². The Balaban J connectivity index is 1.63. The van der Waals surface area contributed by atoms with Crippen LogP contribution in [0.5, 0.6) is 0 Å². The van der Waals surface area contributed by atoms with Gasteiger partial charge in [-0.2, -0.15) is 0 Å². The standard InChI is InChI=1S/C20H18N2O2/c21-19-13-17(11-12-18(19)16-9-5-2-6-10-16)22-20(23)24-14-15-7-3-1-4-8-15/h1-13H,14,21H2,(H,22,23). The molecule has 0 aliphatic carbocycles. The predicted molar refractivity (Wildman–Crippen MR) is 96.5 cm³/mol. The van der Waals surface area contributed by atoms with Crippen LogP contribution in [0.25, 0.3) is 11.1 Å². The van der Waals surface area contributed by atoms with Gasteiger partial charge >= 0.3 is 6.09 Å². The second kappa shape index (κ2) is 7.33. The number of nitrogens with two attached hydrogens (primary N) is 1. The topological polar surface area (TPSA) is 64.3 Å². The van der Waals surface area contributed by atoms with Crippen LogP contribution in [0.3, 0.4) is 0 Å². The van der Waals surface area contributed by atoms with Crippen molar-refractivity contribution in [3.63, 3.8) is 0 Å². The highest BCUT2D eigenvalue weighted by atomic mass is 16.5. The molecule has 4 heteroatoms. The lowest BCUT2D eigenvalue weighted by atomic mass is 10.0. The van der Waals surface area contributed by atoms with Gasteiger partial charge in [-0.25, -0.2) is 4.79 Å². The Kier molecular flexibility index (Phi) is 4.77. The third kappa shape index (κ3) is 3.93. The molecule has 24 heavy (non-hydrogen) atoms. The van der Waals surface area contributed by atoms with Gasteiger partial charge in [-0.1, -0.05) is 66.7 Å². The number of ether oxygens (including phenoxy) is 1. The summed E-state index contributed by atoms with van der Waals surface area (Å²) >= 11 is 0. The van der Waals surface area contributed by atoms with Crippen molar-refractivity contribution in [1.29, 1.82) is 0 Å². The maximum Gasteiger partial charge on any atom is 0.411 e. The van der Waals surface area contributed by atoms with Crippen molar-refractivity contribution in [3.05, 3.63) is 84.4 Å². The summed E-state index contributed by atoms with van der Waals surface area (Å²) in [6.07, 6.45) is -0.509. The molecule has 3 aromatic carbocycles. The summed E-state index contributed by atoms with van der Waals surface area (Å²) in [4.78, 5) is 11.9. The molecule has 3 aromatic rings. The van der Waals surface area contributed by atoms with E-state index in [2.05, 4.69) is 5.32 Å². The Labute approximate surface area is 140 Å². The summed E-state index contributed by atoms with van der Waals surface area (Å²) < 4.78 is 5.20. The van der Waals surface area contributed by atoms with E-state index in [1.807, 2.05) is 72.8 Å². The summed E-state index contributed by atoms with van der Waals surface area (Å²) in [5.41, 5.74) is 10.2. The average Bonchev–Trinajstić information content (AvgIpc) is 2.62. The van der Waals surface area contributed by atoms with Gasteiger partial charge in [0.2, 0.25) is 0 Å². The Bertz CT molecular complexity index is 818. The molecule has 0 aliphatic rings. The van der Waals surface area contributed by atoms with Crippen LogP contribution in [0.1, 0.15) is 5.56 Å². The van der Waals surface area contributed by atoms with E-state index in [-0.39, 0.29) is 6.61 Å². The van der Waals surface area contributed by atoms with Crippen molar-refractivity contribution in [3.8, 4) is 11.1 Å².